The average molecular weight is 650 g/mol. The molecule has 0 unspecified atom stereocenters. The Morgan fingerprint density at radius 2 is 1.80 bits per heavy atom. The normalized spacial score (nSPS) is 17.3. The maximum atomic E-state index is 14.5. The molecule has 11 heteroatoms. The lowest BCUT2D eigenvalue weighted by molar-refractivity contribution is 0.0118. The number of allylic oxidation sites excluding steroid dienone is 1. The third-order valence-electron chi connectivity index (χ3n) is 8.11. The number of pyridine rings is 1. The number of carbonyl (C=O) groups excluding carboxylic acids is 2. The number of ether oxygens (including phenoxy) is 2. The summed E-state index contributed by atoms with van der Waals surface area (Å²) in [5.74, 6) is 0.563. The highest BCUT2D eigenvalue weighted by atomic mass is 35.5. The Bertz CT molecular complexity index is 1600. The molecule has 0 N–H and O–H groups in total. The largest absolute Gasteiger partial charge is 0.444 e. The fourth-order valence-corrected chi connectivity index (χ4v) is 6.62. The lowest BCUT2D eigenvalue weighted by atomic mass is 9.91. The maximum Gasteiger partial charge on any atom is 0.410 e. The van der Waals surface area contributed by atoms with E-state index < -0.39 is 13.7 Å². The molecule has 9 nitrogen and oxygen atoms in total. The van der Waals surface area contributed by atoms with Crippen molar-refractivity contribution in [1.82, 2.24) is 24.3 Å². The Morgan fingerprint density at radius 1 is 1.07 bits per heavy atom. The van der Waals surface area contributed by atoms with Gasteiger partial charge in [-0.1, -0.05) is 43.4 Å². The van der Waals surface area contributed by atoms with Crippen molar-refractivity contribution in [2.24, 2.45) is 0 Å². The van der Waals surface area contributed by atoms with Crippen molar-refractivity contribution in [2.45, 2.75) is 71.8 Å². The van der Waals surface area contributed by atoms with Crippen LogP contribution in [0.4, 0.5) is 4.79 Å². The first kappa shape index (κ1) is 33.1. The van der Waals surface area contributed by atoms with E-state index in [1.54, 1.807) is 17.3 Å². The number of benzene rings is 1. The van der Waals surface area contributed by atoms with Gasteiger partial charge >= 0.3 is 6.09 Å². The second-order valence-electron chi connectivity index (χ2n) is 14.0. The fourth-order valence-electron chi connectivity index (χ4n) is 5.69. The van der Waals surface area contributed by atoms with Gasteiger partial charge in [0.25, 0.3) is 0 Å². The number of aryl methyl sites for hydroxylation is 1. The molecule has 1 atom stereocenters. The van der Waals surface area contributed by atoms with E-state index in [9.17, 15) is 9.59 Å². The van der Waals surface area contributed by atoms with Crippen molar-refractivity contribution >= 4 is 43.2 Å². The molecule has 1 aliphatic heterocycles. The molecule has 3 aromatic rings. The number of imidazole rings is 1. The zero-order valence-corrected chi connectivity index (χ0v) is 29.1. The van der Waals surface area contributed by atoms with Crippen molar-refractivity contribution in [1.29, 1.82) is 0 Å². The van der Waals surface area contributed by atoms with Gasteiger partial charge in [0.2, 0.25) is 5.78 Å². The van der Waals surface area contributed by atoms with Gasteiger partial charge in [0.1, 0.15) is 23.9 Å². The lowest BCUT2D eigenvalue weighted by Gasteiger charge is -2.40. The third kappa shape index (κ3) is 7.74. The zero-order chi connectivity index (χ0) is 32.5. The number of ketones is 1. The average Bonchev–Trinajstić information content (AvgIpc) is 3.26. The second-order valence-corrected chi connectivity index (χ2v) is 20.0. The van der Waals surface area contributed by atoms with Crippen LogP contribution in [-0.2, 0) is 16.2 Å². The maximum absolute atomic E-state index is 14.5. The summed E-state index contributed by atoms with van der Waals surface area (Å²) in [5.41, 5.74) is 3.86. The van der Waals surface area contributed by atoms with Crippen LogP contribution in [0.1, 0.15) is 65.5 Å². The van der Waals surface area contributed by atoms with Gasteiger partial charge in [0, 0.05) is 57.7 Å². The van der Waals surface area contributed by atoms with Crippen molar-refractivity contribution in [2.75, 3.05) is 32.8 Å². The summed E-state index contributed by atoms with van der Waals surface area (Å²) in [6.07, 6.45) is 5.04. The van der Waals surface area contributed by atoms with Gasteiger partial charge in [-0.15, -0.1) is 0 Å². The number of piperazine rings is 1. The molecule has 0 bridgehead atoms. The molecule has 1 aromatic carbocycles. The molecular formula is C34H44ClN5O4Si. The zero-order valence-electron chi connectivity index (χ0n) is 27.4. The van der Waals surface area contributed by atoms with Crippen LogP contribution in [0.25, 0.3) is 11.6 Å². The first-order chi connectivity index (χ1) is 21.2. The number of Topliss-reactive ketones (excluding diaryl/α,β-unsaturated/α-hetero) is 1. The van der Waals surface area contributed by atoms with Crippen LogP contribution in [0.3, 0.4) is 0 Å². The van der Waals surface area contributed by atoms with Crippen LogP contribution < -0.4 is 0 Å². The Labute approximate surface area is 272 Å². The standard InChI is InChI=1S/C34H44ClN5O4Si/c1-23-37-21-29(40(23)22-43-17-18-45(5,6)7)32(41)28-19-24-9-8-12-36-30(24)31(26-11-10-25(35)20-27(26)28)38-13-15-39(16-14-38)33(42)44-34(2,3)4/h8-12,19-21,31H,13-18,22H2,1-7H3/t31-/m0/s1. The highest BCUT2D eigenvalue weighted by Crippen LogP contribution is 2.41. The van der Waals surface area contributed by atoms with Crippen molar-refractivity contribution in [3.63, 3.8) is 0 Å². The number of hydrogen-bond acceptors (Lipinski definition) is 7. The number of aromatic nitrogens is 3. The van der Waals surface area contributed by atoms with Gasteiger partial charge < -0.3 is 18.9 Å². The van der Waals surface area contributed by atoms with Gasteiger partial charge in [-0.3, -0.25) is 14.7 Å². The molecule has 1 aliphatic carbocycles. The number of halogens is 1. The van der Waals surface area contributed by atoms with E-state index in [2.05, 4.69) is 29.5 Å². The Hall–Kier alpha value is -3.31. The van der Waals surface area contributed by atoms with Crippen molar-refractivity contribution in [3.05, 3.63) is 81.7 Å². The molecule has 0 saturated carbocycles. The van der Waals surface area contributed by atoms with Crippen LogP contribution in [0.2, 0.25) is 30.7 Å². The molecule has 1 saturated heterocycles. The monoisotopic (exact) mass is 649 g/mol. The van der Waals surface area contributed by atoms with Gasteiger partial charge in [0.05, 0.1) is 17.9 Å². The van der Waals surface area contributed by atoms with Gasteiger partial charge in [-0.2, -0.15) is 0 Å². The molecule has 0 radical (unpaired) electrons. The Morgan fingerprint density at radius 3 is 2.49 bits per heavy atom. The van der Waals surface area contributed by atoms with E-state index in [1.807, 2.05) is 68.7 Å². The molecule has 5 rings (SSSR count). The highest BCUT2D eigenvalue weighted by Gasteiger charge is 2.36. The SMILES string of the molecule is Cc1ncc(C(=O)C2=Cc3cccnc3[C@@H](N3CCN(C(=O)OC(C)(C)C)CC3)c3ccc(Cl)cc32)n1COCC[Si](C)(C)C. The molecule has 3 heterocycles. The summed E-state index contributed by atoms with van der Waals surface area (Å²) in [5, 5.41) is 0.541. The van der Waals surface area contributed by atoms with Gasteiger partial charge in [-0.05, 0) is 74.7 Å². The van der Waals surface area contributed by atoms with Crippen LogP contribution in [0.5, 0.6) is 0 Å². The number of carbonyl (C=O) groups is 2. The number of fused-ring (bicyclic) bond motifs is 2. The molecule has 1 fully saturated rings. The molecule has 45 heavy (non-hydrogen) atoms. The lowest BCUT2D eigenvalue weighted by Crippen LogP contribution is -2.51. The van der Waals surface area contributed by atoms with Crippen LogP contribution in [-0.4, -0.2) is 82.7 Å². The van der Waals surface area contributed by atoms with Crippen LogP contribution in [0, 0.1) is 6.92 Å². The number of nitrogens with zero attached hydrogens (tertiary/aromatic N) is 5. The highest BCUT2D eigenvalue weighted by molar-refractivity contribution is 6.76. The van der Waals surface area contributed by atoms with Crippen molar-refractivity contribution in [3.8, 4) is 0 Å². The van der Waals surface area contributed by atoms with Gasteiger partial charge in [-0.25, -0.2) is 9.78 Å². The Kier molecular flexibility index (Phi) is 9.70. The topological polar surface area (TPSA) is 89.8 Å². The van der Waals surface area contributed by atoms with Crippen LogP contribution >= 0.6 is 11.6 Å². The van der Waals surface area contributed by atoms with E-state index in [0.29, 0.717) is 49.1 Å². The second kappa shape index (κ2) is 13.2. The molecule has 2 aromatic heterocycles. The Balaban J connectivity index is 1.48. The summed E-state index contributed by atoms with van der Waals surface area (Å²) in [6.45, 7) is 17.6. The minimum atomic E-state index is -1.25. The first-order valence-electron chi connectivity index (χ1n) is 15.5. The summed E-state index contributed by atoms with van der Waals surface area (Å²) in [6, 6.07) is 10.4. The smallest absolute Gasteiger partial charge is 0.410 e. The van der Waals surface area contributed by atoms with E-state index in [4.69, 9.17) is 26.1 Å². The first-order valence-corrected chi connectivity index (χ1v) is 19.6. The van der Waals surface area contributed by atoms with Crippen LogP contribution in [0.15, 0.2) is 42.7 Å². The minimum absolute atomic E-state index is 0.155. The van der Waals surface area contributed by atoms with E-state index in [-0.39, 0.29) is 24.6 Å². The van der Waals surface area contributed by atoms with E-state index >= 15 is 0 Å². The number of rotatable bonds is 8. The van der Waals surface area contributed by atoms with Gasteiger partial charge in [0.15, 0.2) is 0 Å². The van der Waals surface area contributed by atoms with E-state index in [0.717, 1.165) is 34.3 Å². The predicted molar refractivity (Wildman–Crippen MR) is 180 cm³/mol. The fraction of sp³-hybridized carbons (Fsp3) is 0.471. The number of hydrogen-bond donors (Lipinski definition) is 0. The molecular weight excluding hydrogens is 606 g/mol. The summed E-state index contributed by atoms with van der Waals surface area (Å²) < 4.78 is 13.5. The molecule has 2 aliphatic rings. The quantitative estimate of drug-likeness (QED) is 0.148. The summed E-state index contributed by atoms with van der Waals surface area (Å²) >= 11 is 6.59. The molecule has 1 amide bonds. The summed E-state index contributed by atoms with van der Waals surface area (Å²) in [7, 11) is -1.25. The van der Waals surface area contributed by atoms with Crippen molar-refractivity contribution < 1.29 is 19.1 Å². The summed E-state index contributed by atoms with van der Waals surface area (Å²) in [4.78, 5) is 40.7. The third-order valence-corrected chi connectivity index (χ3v) is 10.0. The predicted octanol–water partition coefficient (Wildman–Crippen LogP) is 6.93. The minimum Gasteiger partial charge on any atom is -0.444 e. The number of amides is 1. The molecule has 240 valence electrons. The van der Waals surface area contributed by atoms with E-state index in [1.165, 1.54) is 0 Å². The molecule has 0 spiro atoms.